The van der Waals surface area contributed by atoms with E-state index in [1.807, 2.05) is 59.8 Å². The highest BCUT2D eigenvalue weighted by atomic mass is 16.5. The minimum Gasteiger partial charge on any atom is -0.469 e. The molecule has 10 unspecified atom stereocenters. The van der Waals surface area contributed by atoms with Crippen molar-refractivity contribution < 1.29 is 38.9 Å². The van der Waals surface area contributed by atoms with Gasteiger partial charge in [0.25, 0.3) is 0 Å². The number of hydrogen-bond donors (Lipinski definition) is 2. The fraction of sp³-hybridized carbons (Fsp3) is 0.756. The number of methoxy groups -OCH3 is 1. The second kappa shape index (κ2) is 15.4. The molecular formula is C41H62O8. The molecule has 2 aliphatic heterocycles. The second-order valence-electron chi connectivity index (χ2n) is 16.9. The lowest BCUT2D eigenvalue weighted by Gasteiger charge is -2.48. The second-order valence-corrected chi connectivity index (χ2v) is 16.9. The van der Waals surface area contributed by atoms with Crippen molar-refractivity contribution in [3.8, 4) is 0 Å². The summed E-state index contributed by atoms with van der Waals surface area (Å²) in [6.07, 6.45) is 9.50. The minimum atomic E-state index is -1.59. The van der Waals surface area contributed by atoms with E-state index in [1.54, 1.807) is 13.8 Å². The first-order chi connectivity index (χ1) is 22.8. The standard InChI is InChI=1S/C41H62O8/c1-24(2)30-22-33(42)27(5)12-10-11-25(3)20-34(43)32-21-28(6)29-15-17-39(7,46)37-16-18-40(8,47)36(49-37)14-13-26(4)19-31(29)41(32,23-35(30)44)38(45)48-9/h15,19,21,24-25,27,30-32,36-37,46-47H,10-14,16-18,20,22-23H2,1-9H3. The van der Waals surface area contributed by atoms with Gasteiger partial charge in [-0.3, -0.25) is 19.2 Å². The fourth-order valence-corrected chi connectivity index (χ4v) is 8.93. The summed E-state index contributed by atoms with van der Waals surface area (Å²) < 4.78 is 12.0. The van der Waals surface area contributed by atoms with Crippen LogP contribution >= 0.6 is 0 Å². The van der Waals surface area contributed by atoms with Crippen molar-refractivity contribution in [2.75, 3.05) is 7.11 Å². The Hall–Kier alpha value is -2.42. The van der Waals surface area contributed by atoms with Crippen LogP contribution in [0.5, 0.6) is 0 Å². The number of carbonyl (C=O) groups is 4. The van der Waals surface area contributed by atoms with Gasteiger partial charge in [-0.25, -0.2) is 0 Å². The first-order valence-electron chi connectivity index (χ1n) is 18.7. The number of ketones is 3. The van der Waals surface area contributed by atoms with E-state index < -0.39 is 52.5 Å². The smallest absolute Gasteiger partial charge is 0.314 e. The molecule has 2 fully saturated rings. The molecule has 8 heteroatoms. The maximum absolute atomic E-state index is 14.6. The van der Waals surface area contributed by atoms with Gasteiger partial charge in [0.15, 0.2) is 0 Å². The molecule has 4 aliphatic rings. The van der Waals surface area contributed by atoms with Gasteiger partial charge in [-0.15, -0.1) is 0 Å². The molecule has 2 heterocycles. The molecule has 10 atom stereocenters. The number of carbonyl (C=O) groups excluding carboxylic acids is 4. The molecule has 4 rings (SSSR count). The van der Waals surface area contributed by atoms with Crippen LogP contribution in [0.15, 0.2) is 34.9 Å². The van der Waals surface area contributed by atoms with Crippen molar-refractivity contribution >= 4 is 23.3 Å². The summed E-state index contributed by atoms with van der Waals surface area (Å²) in [5.74, 6) is -3.38. The van der Waals surface area contributed by atoms with Crippen molar-refractivity contribution in [2.45, 2.75) is 149 Å². The van der Waals surface area contributed by atoms with Crippen LogP contribution in [0.25, 0.3) is 0 Å². The van der Waals surface area contributed by atoms with E-state index in [1.165, 1.54) is 7.11 Å². The van der Waals surface area contributed by atoms with Crippen molar-refractivity contribution in [3.05, 3.63) is 34.9 Å². The summed E-state index contributed by atoms with van der Waals surface area (Å²) in [5, 5.41) is 23.1. The molecule has 1 saturated heterocycles. The van der Waals surface area contributed by atoms with Gasteiger partial charge in [0.05, 0.1) is 41.9 Å². The Balaban J connectivity index is 1.97. The minimum absolute atomic E-state index is 0.0359. The van der Waals surface area contributed by atoms with Crippen LogP contribution in [0.4, 0.5) is 0 Å². The SMILES string of the molecule is COC(=O)C12CC(=O)C(C(C)C)CC(=O)C(C)CCCC(C)CC(=O)C1C=C(C)C1=CCC(C)(O)C3CCC(C)(O)C(CCC(C)=CC12)O3. The predicted molar refractivity (Wildman–Crippen MR) is 189 cm³/mol. The van der Waals surface area contributed by atoms with Gasteiger partial charge in [0.1, 0.15) is 17.3 Å². The molecule has 0 aromatic rings. The Morgan fingerprint density at radius 2 is 1.57 bits per heavy atom. The van der Waals surface area contributed by atoms with Gasteiger partial charge in [0, 0.05) is 37.0 Å². The highest BCUT2D eigenvalue weighted by Gasteiger charge is 2.58. The topological polar surface area (TPSA) is 127 Å². The monoisotopic (exact) mass is 682 g/mol. The zero-order valence-corrected chi connectivity index (χ0v) is 31.5. The van der Waals surface area contributed by atoms with Gasteiger partial charge in [-0.1, -0.05) is 69.9 Å². The van der Waals surface area contributed by atoms with Crippen LogP contribution in [0.1, 0.15) is 126 Å². The summed E-state index contributed by atoms with van der Waals surface area (Å²) in [7, 11) is 1.31. The van der Waals surface area contributed by atoms with E-state index in [0.29, 0.717) is 25.7 Å². The molecule has 0 aromatic heterocycles. The summed E-state index contributed by atoms with van der Waals surface area (Å²) in [6, 6.07) is 0. The predicted octanol–water partition coefficient (Wildman–Crippen LogP) is 7.05. The number of aliphatic hydroxyl groups is 2. The van der Waals surface area contributed by atoms with Crippen molar-refractivity contribution in [3.63, 3.8) is 0 Å². The van der Waals surface area contributed by atoms with Crippen LogP contribution < -0.4 is 0 Å². The lowest BCUT2D eigenvalue weighted by Crippen LogP contribution is -2.54. The van der Waals surface area contributed by atoms with Crippen molar-refractivity contribution in [2.24, 2.45) is 40.9 Å². The molecule has 0 amide bonds. The fourth-order valence-electron chi connectivity index (χ4n) is 8.93. The van der Waals surface area contributed by atoms with E-state index in [2.05, 4.69) is 0 Å². The van der Waals surface area contributed by atoms with Crippen molar-refractivity contribution in [1.82, 2.24) is 0 Å². The Kier molecular flexibility index (Phi) is 12.4. The zero-order valence-electron chi connectivity index (χ0n) is 31.5. The lowest BCUT2D eigenvalue weighted by atomic mass is 9.54. The number of fused-ring (bicyclic) bond motifs is 5. The van der Waals surface area contributed by atoms with E-state index in [9.17, 15) is 29.4 Å². The van der Waals surface area contributed by atoms with Crippen LogP contribution in [-0.4, -0.2) is 64.1 Å². The summed E-state index contributed by atoms with van der Waals surface area (Å²) in [6.45, 7) is 15.3. The number of ether oxygens (including phenoxy) is 2. The Morgan fingerprint density at radius 3 is 2.22 bits per heavy atom. The van der Waals surface area contributed by atoms with Crippen LogP contribution in [0.2, 0.25) is 0 Å². The van der Waals surface area contributed by atoms with Gasteiger partial charge in [0.2, 0.25) is 0 Å². The number of allylic oxidation sites excluding steroid dienone is 5. The highest BCUT2D eigenvalue weighted by molar-refractivity contribution is 5.98. The number of rotatable bonds is 2. The van der Waals surface area contributed by atoms with Crippen LogP contribution in [-0.2, 0) is 28.7 Å². The summed E-state index contributed by atoms with van der Waals surface area (Å²) in [4.78, 5) is 57.2. The molecule has 8 nitrogen and oxygen atoms in total. The molecule has 0 radical (unpaired) electrons. The quantitative estimate of drug-likeness (QED) is 0.234. The van der Waals surface area contributed by atoms with Gasteiger partial charge >= 0.3 is 5.97 Å². The van der Waals surface area contributed by atoms with E-state index in [0.717, 1.165) is 36.0 Å². The highest BCUT2D eigenvalue weighted by Crippen LogP contribution is 2.54. The lowest BCUT2D eigenvalue weighted by molar-refractivity contribution is -0.214. The molecule has 0 aromatic carbocycles. The molecule has 1 saturated carbocycles. The summed E-state index contributed by atoms with van der Waals surface area (Å²) in [5.41, 5.74) is -1.36. The molecule has 2 N–H and O–H groups in total. The average Bonchev–Trinajstić information content (AvgIpc) is 3.01. The first-order valence-corrected chi connectivity index (χ1v) is 18.7. The molecule has 0 spiro atoms. The molecule has 49 heavy (non-hydrogen) atoms. The van der Waals surface area contributed by atoms with E-state index in [-0.39, 0.29) is 60.8 Å². The molecular weight excluding hydrogens is 620 g/mol. The number of hydrogen-bond acceptors (Lipinski definition) is 8. The molecule has 2 aliphatic carbocycles. The maximum Gasteiger partial charge on any atom is 0.314 e. The van der Waals surface area contributed by atoms with Crippen LogP contribution in [0.3, 0.4) is 0 Å². The van der Waals surface area contributed by atoms with E-state index >= 15 is 0 Å². The molecule has 2 bridgehead atoms. The average molecular weight is 683 g/mol. The van der Waals surface area contributed by atoms with Crippen LogP contribution in [0, 0.1) is 40.9 Å². The third-order valence-electron chi connectivity index (χ3n) is 12.4. The third-order valence-corrected chi connectivity index (χ3v) is 12.4. The number of esters is 1. The first kappa shape index (κ1) is 39.4. The Morgan fingerprint density at radius 1 is 0.898 bits per heavy atom. The summed E-state index contributed by atoms with van der Waals surface area (Å²) >= 11 is 0. The van der Waals surface area contributed by atoms with Gasteiger partial charge < -0.3 is 19.7 Å². The normalized spacial score (nSPS) is 40.4. The van der Waals surface area contributed by atoms with E-state index in [4.69, 9.17) is 9.47 Å². The molecule has 274 valence electrons. The Labute approximate surface area is 294 Å². The maximum atomic E-state index is 14.6. The van der Waals surface area contributed by atoms with Crippen molar-refractivity contribution in [1.29, 1.82) is 0 Å². The van der Waals surface area contributed by atoms with Gasteiger partial charge in [-0.2, -0.15) is 0 Å². The Bertz CT molecular complexity index is 1360. The third kappa shape index (κ3) is 8.39. The number of Topliss-reactive ketones (excluding diaryl/α,β-unsaturated/α-hetero) is 3. The zero-order chi connectivity index (χ0) is 36.5. The largest absolute Gasteiger partial charge is 0.469 e. The van der Waals surface area contributed by atoms with Gasteiger partial charge in [-0.05, 0) is 83.6 Å².